The van der Waals surface area contributed by atoms with Crippen molar-refractivity contribution in [1.29, 1.82) is 0 Å². The van der Waals surface area contributed by atoms with Crippen molar-refractivity contribution in [2.24, 2.45) is 0 Å². The average Bonchev–Trinajstić information content (AvgIpc) is 3.02. The Balaban J connectivity index is 1.52. The first kappa shape index (κ1) is 16.9. The van der Waals surface area contributed by atoms with Crippen LogP contribution in [0.1, 0.15) is 30.0 Å². The van der Waals surface area contributed by atoms with Gasteiger partial charge in [0.2, 0.25) is 5.91 Å². The van der Waals surface area contributed by atoms with Crippen molar-refractivity contribution in [3.8, 4) is 5.75 Å². The average molecular weight is 345 g/mol. The Morgan fingerprint density at radius 2 is 2.17 bits per heavy atom. The molecule has 1 saturated heterocycles. The van der Waals surface area contributed by atoms with E-state index in [-0.39, 0.29) is 5.91 Å². The number of nitrogens with zero attached hydrogens (tertiary/aromatic N) is 2. The molecule has 0 aliphatic carbocycles. The van der Waals surface area contributed by atoms with E-state index in [1.807, 2.05) is 23.6 Å². The summed E-state index contributed by atoms with van der Waals surface area (Å²) < 4.78 is 5.16. The molecule has 0 spiro atoms. The van der Waals surface area contributed by atoms with Crippen LogP contribution in [0.15, 0.2) is 29.6 Å². The van der Waals surface area contributed by atoms with Crippen molar-refractivity contribution < 1.29 is 9.53 Å². The third kappa shape index (κ3) is 4.79. The van der Waals surface area contributed by atoms with Crippen molar-refractivity contribution in [2.45, 2.75) is 32.2 Å². The van der Waals surface area contributed by atoms with E-state index < -0.39 is 0 Å². The standard InChI is InChI=1S/C18H23N3O2S/c1-23-16-7-5-6-14(10-16)19-17(22)11-15-13-24-18(20-15)12-21-8-3-2-4-9-21/h5-7,10,13H,2-4,8-9,11-12H2,1H3,(H,19,22). The lowest BCUT2D eigenvalue weighted by Crippen LogP contribution is -2.29. The zero-order chi connectivity index (χ0) is 16.8. The topological polar surface area (TPSA) is 54.5 Å². The molecule has 0 bridgehead atoms. The molecule has 1 aliphatic heterocycles. The number of ether oxygens (including phenoxy) is 1. The minimum absolute atomic E-state index is 0.0573. The van der Waals surface area contributed by atoms with Crippen LogP contribution in [-0.4, -0.2) is 36.0 Å². The van der Waals surface area contributed by atoms with Gasteiger partial charge in [-0.25, -0.2) is 4.98 Å². The number of likely N-dealkylation sites (tertiary alicyclic amines) is 1. The van der Waals surface area contributed by atoms with Crippen LogP contribution in [-0.2, 0) is 17.8 Å². The van der Waals surface area contributed by atoms with Gasteiger partial charge in [-0.05, 0) is 38.1 Å². The normalized spacial score (nSPS) is 15.2. The minimum atomic E-state index is -0.0573. The Labute approximate surface area is 146 Å². The molecule has 1 aliphatic rings. The summed E-state index contributed by atoms with van der Waals surface area (Å²) in [5.74, 6) is 0.670. The number of rotatable bonds is 6. The Hall–Kier alpha value is -1.92. The SMILES string of the molecule is COc1cccc(NC(=O)Cc2csc(CN3CCCCC3)n2)c1. The van der Waals surface area contributed by atoms with E-state index in [9.17, 15) is 4.79 Å². The van der Waals surface area contributed by atoms with Gasteiger partial charge in [0.1, 0.15) is 10.8 Å². The summed E-state index contributed by atoms with van der Waals surface area (Å²) in [7, 11) is 1.61. The second-order valence-corrected chi connectivity index (χ2v) is 6.97. The van der Waals surface area contributed by atoms with Gasteiger partial charge in [0.15, 0.2) is 0 Å². The number of nitrogens with one attached hydrogen (secondary N) is 1. The number of piperidine rings is 1. The Bertz CT molecular complexity index is 680. The molecular formula is C18H23N3O2S. The molecule has 3 rings (SSSR count). The number of hydrogen-bond donors (Lipinski definition) is 1. The fourth-order valence-electron chi connectivity index (χ4n) is 2.88. The first-order chi connectivity index (χ1) is 11.7. The zero-order valence-corrected chi connectivity index (χ0v) is 14.8. The van der Waals surface area contributed by atoms with Gasteiger partial charge in [-0.1, -0.05) is 12.5 Å². The van der Waals surface area contributed by atoms with Gasteiger partial charge in [-0.15, -0.1) is 11.3 Å². The predicted molar refractivity (Wildman–Crippen MR) is 96.6 cm³/mol. The molecule has 0 unspecified atom stereocenters. The molecule has 5 nitrogen and oxygen atoms in total. The summed E-state index contributed by atoms with van der Waals surface area (Å²) in [5.41, 5.74) is 1.58. The van der Waals surface area contributed by atoms with E-state index in [0.717, 1.165) is 41.8 Å². The lowest BCUT2D eigenvalue weighted by Gasteiger charge is -2.25. The fraction of sp³-hybridized carbons (Fsp3) is 0.444. The molecule has 1 aromatic heterocycles. The molecule has 0 saturated carbocycles. The predicted octanol–water partition coefficient (Wildman–Crippen LogP) is 3.32. The first-order valence-corrected chi connectivity index (χ1v) is 9.20. The quantitative estimate of drug-likeness (QED) is 0.873. The van der Waals surface area contributed by atoms with Crippen molar-refractivity contribution in [1.82, 2.24) is 9.88 Å². The smallest absolute Gasteiger partial charge is 0.230 e. The van der Waals surface area contributed by atoms with Gasteiger partial charge in [0.25, 0.3) is 0 Å². The molecule has 0 radical (unpaired) electrons. The number of carbonyl (C=O) groups is 1. The highest BCUT2D eigenvalue weighted by molar-refractivity contribution is 7.09. The number of aromatic nitrogens is 1. The lowest BCUT2D eigenvalue weighted by molar-refractivity contribution is -0.115. The summed E-state index contributed by atoms with van der Waals surface area (Å²) in [6.45, 7) is 3.22. The van der Waals surface area contributed by atoms with Gasteiger partial charge >= 0.3 is 0 Å². The number of anilines is 1. The third-order valence-electron chi connectivity index (χ3n) is 4.10. The molecule has 1 amide bonds. The molecule has 0 atom stereocenters. The minimum Gasteiger partial charge on any atom is -0.497 e. The van der Waals surface area contributed by atoms with Crippen LogP contribution in [0.4, 0.5) is 5.69 Å². The molecule has 1 aromatic carbocycles. The van der Waals surface area contributed by atoms with Crippen molar-refractivity contribution >= 4 is 22.9 Å². The highest BCUT2D eigenvalue weighted by atomic mass is 32.1. The van der Waals surface area contributed by atoms with Gasteiger partial charge in [0.05, 0.1) is 25.8 Å². The number of methoxy groups -OCH3 is 1. The molecule has 128 valence electrons. The van der Waals surface area contributed by atoms with Gasteiger partial charge in [-0.3, -0.25) is 9.69 Å². The second-order valence-electron chi connectivity index (χ2n) is 6.03. The monoisotopic (exact) mass is 345 g/mol. The van der Waals surface area contributed by atoms with Crippen LogP contribution >= 0.6 is 11.3 Å². The van der Waals surface area contributed by atoms with E-state index >= 15 is 0 Å². The lowest BCUT2D eigenvalue weighted by atomic mass is 10.1. The van der Waals surface area contributed by atoms with Crippen LogP contribution in [0.2, 0.25) is 0 Å². The van der Waals surface area contributed by atoms with E-state index in [4.69, 9.17) is 4.74 Å². The van der Waals surface area contributed by atoms with E-state index in [0.29, 0.717) is 6.42 Å². The summed E-state index contributed by atoms with van der Waals surface area (Å²) in [5, 5.41) is 5.98. The van der Waals surface area contributed by atoms with Crippen LogP contribution in [0.3, 0.4) is 0 Å². The molecule has 24 heavy (non-hydrogen) atoms. The molecular weight excluding hydrogens is 322 g/mol. The largest absolute Gasteiger partial charge is 0.497 e. The van der Waals surface area contributed by atoms with Crippen LogP contribution in [0.25, 0.3) is 0 Å². The number of amides is 1. The van der Waals surface area contributed by atoms with Gasteiger partial charge < -0.3 is 10.1 Å². The zero-order valence-electron chi connectivity index (χ0n) is 14.0. The fourth-order valence-corrected chi connectivity index (χ4v) is 3.72. The highest BCUT2D eigenvalue weighted by Crippen LogP contribution is 2.19. The van der Waals surface area contributed by atoms with Crippen LogP contribution in [0.5, 0.6) is 5.75 Å². The van der Waals surface area contributed by atoms with Crippen LogP contribution < -0.4 is 10.1 Å². The van der Waals surface area contributed by atoms with E-state index in [1.54, 1.807) is 24.5 Å². The van der Waals surface area contributed by atoms with E-state index in [2.05, 4.69) is 15.2 Å². The summed E-state index contributed by atoms with van der Waals surface area (Å²) in [4.78, 5) is 19.2. The summed E-state index contributed by atoms with van der Waals surface area (Å²) in [6, 6.07) is 7.36. The number of benzene rings is 1. The maximum Gasteiger partial charge on any atom is 0.230 e. The molecule has 2 aromatic rings. The highest BCUT2D eigenvalue weighted by Gasteiger charge is 2.13. The summed E-state index contributed by atoms with van der Waals surface area (Å²) >= 11 is 1.64. The molecule has 1 N–H and O–H groups in total. The number of thiazole rings is 1. The van der Waals surface area contributed by atoms with Crippen molar-refractivity contribution in [2.75, 3.05) is 25.5 Å². The van der Waals surface area contributed by atoms with Crippen molar-refractivity contribution in [3.05, 3.63) is 40.3 Å². The maximum atomic E-state index is 12.2. The Kier molecular flexibility index (Phi) is 5.82. The maximum absolute atomic E-state index is 12.2. The number of carbonyl (C=O) groups excluding carboxylic acids is 1. The third-order valence-corrected chi connectivity index (χ3v) is 4.98. The molecule has 2 heterocycles. The Morgan fingerprint density at radius 3 is 2.96 bits per heavy atom. The van der Waals surface area contributed by atoms with Gasteiger partial charge in [0, 0.05) is 17.1 Å². The summed E-state index contributed by atoms with van der Waals surface area (Å²) in [6.07, 6.45) is 4.19. The Morgan fingerprint density at radius 1 is 1.33 bits per heavy atom. The van der Waals surface area contributed by atoms with Crippen molar-refractivity contribution in [3.63, 3.8) is 0 Å². The molecule has 6 heteroatoms. The second kappa shape index (κ2) is 8.26. The van der Waals surface area contributed by atoms with Crippen LogP contribution in [0, 0.1) is 0 Å². The first-order valence-electron chi connectivity index (χ1n) is 8.32. The number of hydrogen-bond acceptors (Lipinski definition) is 5. The van der Waals surface area contributed by atoms with Gasteiger partial charge in [-0.2, -0.15) is 0 Å². The van der Waals surface area contributed by atoms with E-state index in [1.165, 1.54) is 19.3 Å². The molecule has 1 fully saturated rings.